The van der Waals surface area contributed by atoms with E-state index >= 15 is 0 Å². The summed E-state index contributed by atoms with van der Waals surface area (Å²) in [6.45, 7) is 0.447. The van der Waals surface area contributed by atoms with Crippen molar-refractivity contribution in [1.29, 1.82) is 0 Å². The Labute approximate surface area is 110 Å². The first kappa shape index (κ1) is 12.5. The summed E-state index contributed by atoms with van der Waals surface area (Å²) < 4.78 is 0. The molecule has 4 N–H and O–H groups in total. The SMILES string of the molecule is OCCNC(=S)N/N=C/c1c[nH]c2ccccc12. The van der Waals surface area contributed by atoms with E-state index in [1.54, 1.807) is 6.21 Å². The van der Waals surface area contributed by atoms with Gasteiger partial charge in [0, 0.05) is 29.2 Å². The van der Waals surface area contributed by atoms with E-state index in [1.807, 2.05) is 30.5 Å². The molecule has 0 aliphatic carbocycles. The van der Waals surface area contributed by atoms with Crippen LogP contribution in [0.1, 0.15) is 5.56 Å². The number of aromatic amines is 1. The van der Waals surface area contributed by atoms with Crippen molar-refractivity contribution in [2.75, 3.05) is 13.2 Å². The summed E-state index contributed by atoms with van der Waals surface area (Å²) in [6, 6.07) is 7.99. The Balaban J connectivity index is 1.99. The Morgan fingerprint density at radius 1 is 1.44 bits per heavy atom. The van der Waals surface area contributed by atoms with Crippen LogP contribution in [0.25, 0.3) is 10.9 Å². The van der Waals surface area contributed by atoms with Gasteiger partial charge in [-0.3, -0.25) is 5.43 Å². The van der Waals surface area contributed by atoms with Crippen LogP contribution in [0.2, 0.25) is 0 Å². The summed E-state index contributed by atoms with van der Waals surface area (Å²) >= 11 is 4.96. The standard InChI is InChI=1S/C12H14N4OS/c17-6-5-13-12(18)16-15-8-9-7-14-11-4-2-1-3-10(9)11/h1-4,7-8,14,17H,5-6H2,(H2,13,16,18)/b15-8+. The first-order valence-corrected chi connectivity index (χ1v) is 5.96. The number of rotatable bonds is 4. The van der Waals surface area contributed by atoms with Crippen LogP contribution < -0.4 is 10.7 Å². The summed E-state index contributed by atoms with van der Waals surface area (Å²) in [5, 5.41) is 16.9. The molecule has 1 heterocycles. The van der Waals surface area contributed by atoms with Crippen molar-refractivity contribution in [1.82, 2.24) is 15.7 Å². The van der Waals surface area contributed by atoms with Crippen LogP contribution in [0.3, 0.4) is 0 Å². The summed E-state index contributed by atoms with van der Waals surface area (Å²) in [7, 11) is 0. The van der Waals surface area contributed by atoms with E-state index in [9.17, 15) is 0 Å². The number of benzene rings is 1. The molecule has 0 aliphatic heterocycles. The van der Waals surface area contributed by atoms with Crippen molar-refractivity contribution in [3.05, 3.63) is 36.0 Å². The number of para-hydroxylation sites is 1. The highest BCUT2D eigenvalue weighted by Gasteiger charge is 1.99. The normalized spacial score (nSPS) is 10.9. The molecule has 0 bridgehead atoms. The molecule has 1 aromatic carbocycles. The summed E-state index contributed by atoms with van der Waals surface area (Å²) in [4.78, 5) is 3.16. The summed E-state index contributed by atoms with van der Waals surface area (Å²) in [5.41, 5.74) is 4.74. The van der Waals surface area contributed by atoms with Gasteiger partial charge in [-0.15, -0.1) is 0 Å². The molecule has 0 amide bonds. The molecule has 0 unspecified atom stereocenters. The van der Waals surface area contributed by atoms with Crippen LogP contribution in [0, 0.1) is 0 Å². The number of nitrogens with zero attached hydrogens (tertiary/aromatic N) is 1. The van der Waals surface area contributed by atoms with Crippen LogP contribution in [0.15, 0.2) is 35.6 Å². The summed E-state index contributed by atoms with van der Waals surface area (Å²) in [5.74, 6) is 0. The third-order valence-electron chi connectivity index (χ3n) is 2.39. The van der Waals surface area contributed by atoms with Crippen LogP contribution in [0.4, 0.5) is 0 Å². The van der Waals surface area contributed by atoms with Gasteiger partial charge in [0.25, 0.3) is 0 Å². The van der Waals surface area contributed by atoms with Crippen molar-refractivity contribution in [2.24, 2.45) is 5.10 Å². The second-order valence-corrected chi connectivity index (χ2v) is 4.05. The average Bonchev–Trinajstić information content (AvgIpc) is 2.80. The molecule has 2 aromatic rings. The highest BCUT2D eigenvalue weighted by Crippen LogP contribution is 2.15. The van der Waals surface area contributed by atoms with Crippen LogP contribution in [0.5, 0.6) is 0 Å². The number of hydrogen-bond donors (Lipinski definition) is 4. The molecule has 18 heavy (non-hydrogen) atoms. The lowest BCUT2D eigenvalue weighted by Crippen LogP contribution is -2.33. The number of fused-ring (bicyclic) bond motifs is 1. The largest absolute Gasteiger partial charge is 0.395 e. The number of H-pyrrole nitrogens is 1. The van der Waals surface area contributed by atoms with E-state index in [0.717, 1.165) is 16.5 Å². The minimum Gasteiger partial charge on any atom is -0.395 e. The smallest absolute Gasteiger partial charge is 0.187 e. The quantitative estimate of drug-likeness (QED) is 0.376. The predicted octanol–water partition coefficient (Wildman–Crippen LogP) is 0.958. The lowest BCUT2D eigenvalue weighted by Gasteiger charge is -2.03. The minimum atomic E-state index is 0.0357. The van der Waals surface area contributed by atoms with E-state index in [4.69, 9.17) is 17.3 Å². The molecule has 0 fully saturated rings. The molecular formula is C12H14N4OS. The topological polar surface area (TPSA) is 72.4 Å². The number of aliphatic hydroxyl groups is 1. The van der Waals surface area contributed by atoms with E-state index in [2.05, 4.69) is 20.8 Å². The van der Waals surface area contributed by atoms with Gasteiger partial charge in [-0.1, -0.05) is 18.2 Å². The van der Waals surface area contributed by atoms with Crippen LogP contribution in [-0.2, 0) is 0 Å². The lowest BCUT2D eigenvalue weighted by atomic mass is 10.2. The zero-order chi connectivity index (χ0) is 12.8. The maximum Gasteiger partial charge on any atom is 0.187 e. The van der Waals surface area contributed by atoms with Gasteiger partial charge >= 0.3 is 0 Å². The first-order chi connectivity index (χ1) is 8.81. The Kier molecular flexibility index (Phi) is 4.27. The maximum atomic E-state index is 8.62. The zero-order valence-corrected chi connectivity index (χ0v) is 10.5. The minimum absolute atomic E-state index is 0.0357. The van der Waals surface area contributed by atoms with Crippen molar-refractivity contribution in [3.63, 3.8) is 0 Å². The maximum absolute atomic E-state index is 8.62. The van der Waals surface area contributed by atoms with Gasteiger partial charge in [-0.05, 0) is 18.3 Å². The van der Waals surface area contributed by atoms with Crippen LogP contribution in [-0.4, -0.2) is 34.6 Å². The van der Waals surface area contributed by atoms with Gasteiger partial charge in [0.15, 0.2) is 5.11 Å². The molecule has 1 aromatic heterocycles. The Morgan fingerprint density at radius 3 is 3.11 bits per heavy atom. The molecular weight excluding hydrogens is 248 g/mol. The van der Waals surface area contributed by atoms with E-state index in [-0.39, 0.29) is 6.61 Å². The molecule has 6 heteroatoms. The molecule has 94 valence electrons. The predicted molar refractivity (Wildman–Crippen MR) is 76.7 cm³/mol. The first-order valence-electron chi connectivity index (χ1n) is 5.55. The number of nitrogens with one attached hydrogen (secondary N) is 3. The monoisotopic (exact) mass is 262 g/mol. The molecule has 2 rings (SSSR count). The average molecular weight is 262 g/mol. The molecule has 0 spiro atoms. The van der Waals surface area contributed by atoms with Crippen molar-refractivity contribution in [2.45, 2.75) is 0 Å². The second-order valence-electron chi connectivity index (χ2n) is 3.64. The van der Waals surface area contributed by atoms with Crippen molar-refractivity contribution >= 4 is 34.4 Å². The highest BCUT2D eigenvalue weighted by atomic mass is 32.1. The molecule has 0 saturated heterocycles. The molecule has 5 nitrogen and oxygen atoms in total. The van der Waals surface area contributed by atoms with E-state index < -0.39 is 0 Å². The fourth-order valence-electron chi connectivity index (χ4n) is 1.57. The van der Waals surface area contributed by atoms with Gasteiger partial charge < -0.3 is 15.4 Å². The number of thiocarbonyl (C=S) groups is 1. The number of hydrogen-bond acceptors (Lipinski definition) is 3. The Hall–Kier alpha value is -1.92. The molecule has 0 radical (unpaired) electrons. The second kappa shape index (κ2) is 6.13. The van der Waals surface area contributed by atoms with E-state index in [0.29, 0.717) is 11.7 Å². The van der Waals surface area contributed by atoms with Gasteiger partial charge in [0.1, 0.15) is 0 Å². The third-order valence-corrected chi connectivity index (χ3v) is 2.62. The highest BCUT2D eigenvalue weighted by molar-refractivity contribution is 7.80. The van der Waals surface area contributed by atoms with Gasteiger partial charge in [-0.2, -0.15) is 5.10 Å². The molecule has 0 aliphatic rings. The number of hydrazone groups is 1. The van der Waals surface area contributed by atoms with Gasteiger partial charge in [0.2, 0.25) is 0 Å². The molecule has 0 saturated carbocycles. The van der Waals surface area contributed by atoms with Gasteiger partial charge in [-0.25, -0.2) is 0 Å². The van der Waals surface area contributed by atoms with Crippen molar-refractivity contribution < 1.29 is 5.11 Å². The lowest BCUT2D eigenvalue weighted by molar-refractivity contribution is 0.300. The fraction of sp³-hybridized carbons (Fsp3) is 0.167. The zero-order valence-electron chi connectivity index (χ0n) is 9.68. The number of aliphatic hydroxyl groups excluding tert-OH is 1. The Morgan fingerprint density at radius 2 is 2.28 bits per heavy atom. The third kappa shape index (κ3) is 3.06. The Bertz CT molecular complexity index is 564. The van der Waals surface area contributed by atoms with E-state index in [1.165, 1.54) is 0 Å². The number of aromatic nitrogens is 1. The van der Waals surface area contributed by atoms with Gasteiger partial charge in [0.05, 0.1) is 12.8 Å². The fourth-order valence-corrected chi connectivity index (χ4v) is 1.72. The summed E-state index contributed by atoms with van der Waals surface area (Å²) in [6.07, 6.45) is 3.59. The molecule has 0 atom stereocenters. The van der Waals surface area contributed by atoms with Crippen molar-refractivity contribution in [3.8, 4) is 0 Å². The van der Waals surface area contributed by atoms with Crippen LogP contribution >= 0.6 is 12.2 Å².